The summed E-state index contributed by atoms with van der Waals surface area (Å²) in [7, 11) is 0. The maximum Gasteiger partial charge on any atom is 0.246 e. The van der Waals surface area contributed by atoms with Crippen LogP contribution in [0.25, 0.3) is 0 Å². The second-order valence-corrected chi connectivity index (χ2v) is 4.91. The van der Waals surface area contributed by atoms with Crippen LogP contribution in [0.3, 0.4) is 0 Å². The topological polar surface area (TPSA) is 71.6 Å². The van der Waals surface area contributed by atoms with Crippen LogP contribution < -0.4 is 0 Å². The van der Waals surface area contributed by atoms with Gasteiger partial charge in [0.2, 0.25) is 5.89 Å². The molecule has 0 spiro atoms. The third-order valence-electron chi connectivity index (χ3n) is 3.39. The zero-order valence-corrected chi connectivity index (χ0v) is 11.3. The minimum absolute atomic E-state index is 0.0150. The van der Waals surface area contributed by atoms with E-state index in [0.717, 1.165) is 18.7 Å². The van der Waals surface area contributed by atoms with Crippen molar-refractivity contribution in [3.05, 3.63) is 41.5 Å². The molecule has 1 aromatic carbocycles. The Labute approximate surface area is 117 Å². The number of morpholine rings is 1. The van der Waals surface area contributed by atoms with E-state index >= 15 is 0 Å². The molecule has 1 aliphatic rings. The van der Waals surface area contributed by atoms with Crippen molar-refractivity contribution >= 4 is 0 Å². The smallest absolute Gasteiger partial charge is 0.246 e. The van der Waals surface area contributed by atoms with Crippen LogP contribution in [0.4, 0.5) is 0 Å². The molecule has 0 unspecified atom stereocenters. The van der Waals surface area contributed by atoms with Crippen molar-refractivity contribution in [1.82, 2.24) is 15.0 Å². The van der Waals surface area contributed by atoms with E-state index < -0.39 is 0 Å². The fourth-order valence-electron chi connectivity index (χ4n) is 2.34. The Kier molecular flexibility index (Phi) is 3.66. The molecule has 1 saturated heterocycles. The first-order chi connectivity index (χ1) is 9.72. The first kappa shape index (κ1) is 13.1. The molecule has 0 amide bonds. The number of aromatic hydroxyl groups is 1. The number of phenolic OH excluding ortho intramolecular Hbond substituents is 1. The van der Waals surface area contributed by atoms with Crippen LogP contribution in [0.15, 0.2) is 28.8 Å². The van der Waals surface area contributed by atoms with E-state index in [9.17, 15) is 5.11 Å². The fourth-order valence-corrected chi connectivity index (χ4v) is 2.34. The van der Waals surface area contributed by atoms with Crippen LogP contribution in [0, 0.1) is 6.92 Å². The first-order valence-corrected chi connectivity index (χ1v) is 6.62. The van der Waals surface area contributed by atoms with E-state index in [-0.39, 0.29) is 11.8 Å². The quantitative estimate of drug-likeness (QED) is 0.918. The van der Waals surface area contributed by atoms with E-state index in [2.05, 4.69) is 15.0 Å². The van der Waals surface area contributed by atoms with Crippen LogP contribution in [0.1, 0.15) is 23.3 Å². The molecule has 1 atom stereocenters. The summed E-state index contributed by atoms with van der Waals surface area (Å²) < 4.78 is 10.8. The minimum Gasteiger partial charge on any atom is -0.508 e. The largest absolute Gasteiger partial charge is 0.508 e. The molecule has 0 bridgehead atoms. The van der Waals surface area contributed by atoms with Crippen molar-refractivity contribution < 1.29 is 14.4 Å². The second-order valence-electron chi connectivity index (χ2n) is 4.91. The highest BCUT2D eigenvalue weighted by Gasteiger charge is 2.29. The average Bonchev–Trinajstić information content (AvgIpc) is 2.88. The highest BCUT2D eigenvalue weighted by atomic mass is 16.5. The van der Waals surface area contributed by atoms with Gasteiger partial charge in [0, 0.05) is 13.1 Å². The zero-order chi connectivity index (χ0) is 13.9. The number of rotatable bonds is 3. The molecule has 0 radical (unpaired) electrons. The number of hydrogen-bond acceptors (Lipinski definition) is 6. The van der Waals surface area contributed by atoms with Gasteiger partial charge in [-0.05, 0) is 24.6 Å². The number of hydrogen-bond donors (Lipinski definition) is 1. The molecule has 1 N–H and O–H groups in total. The average molecular weight is 275 g/mol. The first-order valence-electron chi connectivity index (χ1n) is 6.62. The minimum atomic E-state index is -0.0150. The molecule has 0 aliphatic carbocycles. The van der Waals surface area contributed by atoms with Crippen molar-refractivity contribution in [2.75, 3.05) is 19.8 Å². The molecule has 1 fully saturated rings. The summed E-state index contributed by atoms with van der Waals surface area (Å²) in [4.78, 5) is 6.55. The van der Waals surface area contributed by atoms with Crippen LogP contribution in [0.2, 0.25) is 0 Å². The molecule has 2 heterocycles. The summed E-state index contributed by atoms with van der Waals surface area (Å²) >= 11 is 0. The molecule has 6 nitrogen and oxygen atoms in total. The van der Waals surface area contributed by atoms with Crippen molar-refractivity contribution in [3.8, 4) is 5.75 Å². The van der Waals surface area contributed by atoms with Gasteiger partial charge in [-0.2, -0.15) is 4.98 Å². The highest BCUT2D eigenvalue weighted by molar-refractivity contribution is 5.25. The lowest BCUT2D eigenvalue weighted by molar-refractivity contribution is -0.0241. The maximum atomic E-state index is 9.33. The van der Waals surface area contributed by atoms with E-state index in [1.807, 2.05) is 12.1 Å². The molecule has 106 valence electrons. The monoisotopic (exact) mass is 275 g/mol. The standard InChI is InChI=1S/C14H17N3O3/c1-10-15-14(20-16-10)13-9-19-7-6-17(13)8-11-2-4-12(18)5-3-11/h2-5,13,18H,6-9H2,1H3/t13-/m0/s1. The summed E-state index contributed by atoms with van der Waals surface area (Å²) in [5.74, 6) is 1.51. The molecule has 1 aromatic heterocycles. The maximum absolute atomic E-state index is 9.33. The van der Waals surface area contributed by atoms with Gasteiger partial charge in [-0.25, -0.2) is 0 Å². The number of benzene rings is 1. The van der Waals surface area contributed by atoms with Gasteiger partial charge in [0.05, 0.1) is 13.2 Å². The van der Waals surface area contributed by atoms with Gasteiger partial charge in [0.1, 0.15) is 11.8 Å². The summed E-state index contributed by atoms with van der Waals surface area (Å²) in [6.45, 7) is 4.63. The lowest BCUT2D eigenvalue weighted by atomic mass is 10.1. The zero-order valence-electron chi connectivity index (χ0n) is 11.3. The lowest BCUT2D eigenvalue weighted by Crippen LogP contribution is -2.39. The fraction of sp³-hybridized carbons (Fsp3) is 0.429. The number of ether oxygens (including phenoxy) is 1. The summed E-state index contributed by atoms with van der Waals surface area (Å²) in [5.41, 5.74) is 1.13. The number of nitrogens with zero attached hydrogens (tertiary/aromatic N) is 3. The Balaban J connectivity index is 1.77. The van der Waals surface area contributed by atoms with Gasteiger partial charge in [0.15, 0.2) is 5.82 Å². The number of aromatic nitrogens is 2. The van der Waals surface area contributed by atoms with E-state index in [0.29, 0.717) is 24.9 Å². The number of phenols is 1. The van der Waals surface area contributed by atoms with E-state index in [4.69, 9.17) is 9.26 Å². The summed E-state index contributed by atoms with van der Waals surface area (Å²) in [6.07, 6.45) is 0. The van der Waals surface area contributed by atoms with Gasteiger partial charge >= 0.3 is 0 Å². The van der Waals surface area contributed by atoms with Crippen LogP contribution in [-0.4, -0.2) is 39.9 Å². The molecule has 3 rings (SSSR count). The third kappa shape index (κ3) is 2.81. The molecule has 0 saturated carbocycles. The predicted molar refractivity (Wildman–Crippen MR) is 71.1 cm³/mol. The summed E-state index contributed by atoms with van der Waals surface area (Å²) in [6, 6.07) is 7.21. The Morgan fingerprint density at radius 1 is 1.35 bits per heavy atom. The van der Waals surface area contributed by atoms with E-state index in [1.54, 1.807) is 19.1 Å². The predicted octanol–water partition coefficient (Wildman–Crippen LogP) is 1.66. The molecule has 1 aliphatic heterocycles. The van der Waals surface area contributed by atoms with Crippen molar-refractivity contribution in [1.29, 1.82) is 0 Å². The van der Waals surface area contributed by atoms with Gasteiger partial charge < -0.3 is 14.4 Å². The van der Waals surface area contributed by atoms with Crippen LogP contribution in [-0.2, 0) is 11.3 Å². The second kappa shape index (κ2) is 5.60. The summed E-state index contributed by atoms with van der Waals surface area (Å²) in [5, 5.41) is 13.2. The van der Waals surface area contributed by atoms with E-state index in [1.165, 1.54) is 0 Å². The van der Waals surface area contributed by atoms with Crippen LogP contribution in [0.5, 0.6) is 5.75 Å². The third-order valence-corrected chi connectivity index (χ3v) is 3.39. The Bertz CT molecular complexity index is 567. The van der Waals surface area contributed by atoms with Crippen LogP contribution >= 0.6 is 0 Å². The SMILES string of the molecule is Cc1noc([C@@H]2COCCN2Cc2ccc(O)cc2)n1. The van der Waals surface area contributed by atoms with Gasteiger partial charge in [-0.3, -0.25) is 4.90 Å². The van der Waals surface area contributed by atoms with Crippen molar-refractivity contribution in [3.63, 3.8) is 0 Å². The molecular formula is C14H17N3O3. The highest BCUT2D eigenvalue weighted by Crippen LogP contribution is 2.25. The van der Waals surface area contributed by atoms with Gasteiger partial charge in [-0.1, -0.05) is 17.3 Å². The Morgan fingerprint density at radius 3 is 2.85 bits per heavy atom. The Morgan fingerprint density at radius 2 is 2.15 bits per heavy atom. The van der Waals surface area contributed by atoms with Crippen molar-refractivity contribution in [2.45, 2.75) is 19.5 Å². The number of aryl methyl sites for hydroxylation is 1. The normalized spacial score (nSPS) is 20.1. The molecule has 2 aromatic rings. The molecular weight excluding hydrogens is 258 g/mol. The van der Waals surface area contributed by atoms with Gasteiger partial charge in [0.25, 0.3) is 0 Å². The lowest BCUT2D eigenvalue weighted by Gasteiger charge is -2.33. The molecule has 6 heteroatoms. The van der Waals surface area contributed by atoms with Crippen molar-refractivity contribution in [2.24, 2.45) is 0 Å². The molecule has 20 heavy (non-hydrogen) atoms. The Hall–Kier alpha value is -1.92. The van der Waals surface area contributed by atoms with Gasteiger partial charge in [-0.15, -0.1) is 0 Å².